The van der Waals surface area contributed by atoms with Crippen LogP contribution in [-0.4, -0.2) is 12.7 Å². The molecule has 0 fully saturated rings. The van der Waals surface area contributed by atoms with Crippen molar-refractivity contribution in [2.24, 2.45) is 0 Å². The first-order valence-electron chi connectivity index (χ1n) is 5.32. The lowest BCUT2D eigenvalue weighted by Crippen LogP contribution is -2.23. The summed E-state index contributed by atoms with van der Waals surface area (Å²) in [6, 6.07) is 0. The van der Waals surface area contributed by atoms with Gasteiger partial charge in [-0.25, -0.2) is 4.79 Å². The molecule has 0 aromatic heterocycles. The number of alkyl carbamates (subject to hydrolysis) is 1. The highest BCUT2D eigenvalue weighted by Gasteiger charge is 2.02. The molecule has 82 valence electrons. The van der Waals surface area contributed by atoms with E-state index in [4.69, 9.17) is 4.74 Å². The zero-order chi connectivity index (χ0) is 10.8. The van der Waals surface area contributed by atoms with E-state index in [0.717, 1.165) is 37.8 Å². The van der Waals surface area contributed by atoms with E-state index >= 15 is 0 Å². The highest BCUT2D eigenvalue weighted by molar-refractivity contribution is 5.69. The van der Waals surface area contributed by atoms with Crippen molar-refractivity contribution in [2.45, 2.75) is 46.0 Å². The molecule has 3 nitrogen and oxygen atoms in total. The molecule has 1 amide bonds. The molecular weight excluding hydrogens is 178 g/mol. The Bertz CT molecular complexity index is 178. The van der Waals surface area contributed by atoms with Crippen molar-refractivity contribution in [1.29, 1.82) is 0 Å². The average Bonchev–Trinajstić information content (AvgIpc) is 2.15. The molecule has 1 N–H and O–H groups in total. The van der Waals surface area contributed by atoms with Gasteiger partial charge in [-0.05, 0) is 19.3 Å². The minimum absolute atomic E-state index is 0.375. The van der Waals surface area contributed by atoms with E-state index in [9.17, 15) is 4.79 Å². The van der Waals surface area contributed by atoms with Crippen molar-refractivity contribution in [3.8, 4) is 0 Å². The summed E-state index contributed by atoms with van der Waals surface area (Å²) >= 11 is 0. The molecule has 0 saturated carbocycles. The molecule has 0 atom stereocenters. The number of hydrogen-bond acceptors (Lipinski definition) is 2. The predicted molar refractivity (Wildman–Crippen MR) is 58.1 cm³/mol. The van der Waals surface area contributed by atoms with Gasteiger partial charge in [-0.15, -0.1) is 0 Å². The molecule has 0 aliphatic heterocycles. The Morgan fingerprint density at radius 3 is 2.50 bits per heavy atom. The molecular formula is C11H21NO2. The minimum Gasteiger partial charge on any atom is -0.449 e. The van der Waals surface area contributed by atoms with Gasteiger partial charge in [0, 0.05) is 5.70 Å². The number of amides is 1. The maximum atomic E-state index is 11.1. The third-order valence-electron chi connectivity index (χ3n) is 1.84. The summed E-state index contributed by atoms with van der Waals surface area (Å²) in [4.78, 5) is 11.1. The summed E-state index contributed by atoms with van der Waals surface area (Å²) in [5.74, 6) is 0. The fraction of sp³-hybridized carbons (Fsp3) is 0.727. The maximum Gasteiger partial charge on any atom is 0.411 e. The Hall–Kier alpha value is -0.990. The molecule has 0 rings (SSSR count). The number of unbranched alkanes of at least 4 members (excludes halogenated alkanes) is 2. The summed E-state index contributed by atoms with van der Waals surface area (Å²) in [6.45, 7) is 8.40. The van der Waals surface area contributed by atoms with Crippen LogP contribution < -0.4 is 5.32 Å². The lowest BCUT2D eigenvalue weighted by Gasteiger charge is -2.08. The molecule has 0 aliphatic rings. The molecule has 0 saturated heterocycles. The number of nitrogens with one attached hydrogen (secondary N) is 1. The number of carbonyl (C=O) groups excluding carboxylic acids is 1. The fourth-order valence-corrected chi connectivity index (χ4v) is 0.942. The highest BCUT2D eigenvalue weighted by atomic mass is 16.5. The smallest absolute Gasteiger partial charge is 0.411 e. The molecule has 0 aromatic carbocycles. The van der Waals surface area contributed by atoms with Crippen LogP contribution in [0, 0.1) is 0 Å². The van der Waals surface area contributed by atoms with Gasteiger partial charge in [0.05, 0.1) is 6.61 Å². The minimum atomic E-state index is -0.375. The summed E-state index contributed by atoms with van der Waals surface area (Å²) < 4.78 is 4.92. The van der Waals surface area contributed by atoms with Gasteiger partial charge in [-0.3, -0.25) is 5.32 Å². The Labute approximate surface area is 86.5 Å². The van der Waals surface area contributed by atoms with Gasteiger partial charge in [0.25, 0.3) is 0 Å². The monoisotopic (exact) mass is 199 g/mol. The van der Waals surface area contributed by atoms with Crippen LogP contribution in [0.3, 0.4) is 0 Å². The first-order valence-corrected chi connectivity index (χ1v) is 5.32. The van der Waals surface area contributed by atoms with Gasteiger partial charge >= 0.3 is 6.09 Å². The molecule has 0 aliphatic carbocycles. The predicted octanol–water partition coefficient (Wildman–Crippen LogP) is 3.22. The number of ether oxygens (including phenoxy) is 1. The SMILES string of the molecule is C=C(CCCC)NC(=O)OCCCC. The van der Waals surface area contributed by atoms with E-state index in [1.807, 2.05) is 0 Å². The van der Waals surface area contributed by atoms with Crippen LogP contribution in [0.25, 0.3) is 0 Å². The largest absolute Gasteiger partial charge is 0.449 e. The zero-order valence-electron chi connectivity index (χ0n) is 9.27. The van der Waals surface area contributed by atoms with Crippen molar-refractivity contribution in [3.05, 3.63) is 12.3 Å². The normalized spacial score (nSPS) is 9.57. The van der Waals surface area contributed by atoms with E-state index in [0.29, 0.717) is 6.61 Å². The summed E-state index contributed by atoms with van der Waals surface area (Å²) in [5.41, 5.74) is 0.744. The van der Waals surface area contributed by atoms with Gasteiger partial charge in [-0.2, -0.15) is 0 Å². The molecule has 3 heteroatoms. The topological polar surface area (TPSA) is 38.3 Å². The van der Waals surface area contributed by atoms with E-state index in [-0.39, 0.29) is 6.09 Å². The second-order valence-corrected chi connectivity index (χ2v) is 3.32. The zero-order valence-corrected chi connectivity index (χ0v) is 9.27. The number of hydrogen-bond donors (Lipinski definition) is 1. The molecule has 0 heterocycles. The third kappa shape index (κ3) is 7.65. The Kier molecular flexibility index (Phi) is 7.99. The van der Waals surface area contributed by atoms with Crippen LogP contribution in [-0.2, 0) is 4.74 Å². The van der Waals surface area contributed by atoms with Gasteiger partial charge in [0.15, 0.2) is 0 Å². The van der Waals surface area contributed by atoms with E-state index in [2.05, 4.69) is 25.7 Å². The van der Waals surface area contributed by atoms with Crippen LogP contribution in [0.15, 0.2) is 12.3 Å². The summed E-state index contributed by atoms with van der Waals surface area (Å²) in [5, 5.41) is 2.62. The summed E-state index contributed by atoms with van der Waals surface area (Å²) in [6.07, 6.45) is 4.55. The van der Waals surface area contributed by atoms with E-state index < -0.39 is 0 Å². The third-order valence-corrected chi connectivity index (χ3v) is 1.84. The van der Waals surface area contributed by atoms with Crippen molar-refractivity contribution >= 4 is 6.09 Å². The average molecular weight is 199 g/mol. The van der Waals surface area contributed by atoms with Crippen molar-refractivity contribution < 1.29 is 9.53 Å². The van der Waals surface area contributed by atoms with Gasteiger partial charge in [-0.1, -0.05) is 33.3 Å². The Morgan fingerprint density at radius 2 is 1.93 bits per heavy atom. The second kappa shape index (κ2) is 8.60. The number of carbonyl (C=O) groups is 1. The standard InChI is InChI=1S/C11H21NO2/c1-4-6-8-10(3)12-11(13)14-9-7-5-2/h3-9H2,1-2H3,(H,12,13). The van der Waals surface area contributed by atoms with Crippen LogP contribution in [0.5, 0.6) is 0 Å². The van der Waals surface area contributed by atoms with Crippen LogP contribution in [0.2, 0.25) is 0 Å². The second-order valence-electron chi connectivity index (χ2n) is 3.32. The quantitative estimate of drug-likeness (QED) is 0.639. The summed E-state index contributed by atoms with van der Waals surface area (Å²) in [7, 11) is 0. The van der Waals surface area contributed by atoms with Gasteiger partial charge in [0.1, 0.15) is 0 Å². The van der Waals surface area contributed by atoms with Gasteiger partial charge < -0.3 is 4.74 Å². The van der Waals surface area contributed by atoms with Crippen LogP contribution >= 0.6 is 0 Å². The number of allylic oxidation sites excluding steroid dienone is 1. The number of rotatable bonds is 7. The van der Waals surface area contributed by atoms with E-state index in [1.54, 1.807) is 0 Å². The Morgan fingerprint density at radius 1 is 1.29 bits per heavy atom. The van der Waals surface area contributed by atoms with Crippen LogP contribution in [0.4, 0.5) is 4.79 Å². The molecule has 0 spiro atoms. The van der Waals surface area contributed by atoms with Gasteiger partial charge in [0.2, 0.25) is 0 Å². The first-order chi connectivity index (χ1) is 6.70. The fourth-order valence-electron chi connectivity index (χ4n) is 0.942. The molecule has 0 bridgehead atoms. The lowest BCUT2D eigenvalue weighted by molar-refractivity contribution is 0.147. The maximum absolute atomic E-state index is 11.1. The molecule has 0 aromatic rings. The molecule has 0 unspecified atom stereocenters. The van der Waals surface area contributed by atoms with Crippen LogP contribution in [0.1, 0.15) is 46.0 Å². The molecule has 0 radical (unpaired) electrons. The van der Waals surface area contributed by atoms with Crippen molar-refractivity contribution in [1.82, 2.24) is 5.32 Å². The Balaban J connectivity index is 3.45. The first kappa shape index (κ1) is 13.0. The van der Waals surface area contributed by atoms with E-state index in [1.165, 1.54) is 0 Å². The van der Waals surface area contributed by atoms with Crippen molar-refractivity contribution in [3.63, 3.8) is 0 Å². The van der Waals surface area contributed by atoms with Crippen molar-refractivity contribution in [2.75, 3.05) is 6.61 Å². The molecule has 14 heavy (non-hydrogen) atoms. The lowest BCUT2D eigenvalue weighted by atomic mass is 10.2. The highest BCUT2D eigenvalue weighted by Crippen LogP contribution is 2.01.